The molecule has 1 aliphatic rings. The molecule has 0 saturated carbocycles. The molecule has 9 nitrogen and oxygen atoms in total. The number of ether oxygens (including phenoxy) is 3. The molecule has 0 aliphatic carbocycles. The van der Waals surface area contributed by atoms with Crippen molar-refractivity contribution in [3.8, 4) is 17.2 Å². The van der Waals surface area contributed by atoms with Crippen molar-refractivity contribution in [1.82, 2.24) is 9.21 Å². The lowest BCUT2D eigenvalue weighted by molar-refractivity contribution is -0.126. The zero-order valence-electron chi connectivity index (χ0n) is 20.7. The molecule has 0 atom stereocenters. The highest BCUT2D eigenvalue weighted by molar-refractivity contribution is 7.89. The highest BCUT2D eigenvalue weighted by atomic mass is 32.2. The molecule has 0 aromatic heterocycles. The fourth-order valence-electron chi connectivity index (χ4n) is 4.00. The zero-order valence-corrected chi connectivity index (χ0v) is 21.5. The van der Waals surface area contributed by atoms with Gasteiger partial charge < -0.3 is 24.0 Å². The molecule has 0 radical (unpaired) electrons. The summed E-state index contributed by atoms with van der Waals surface area (Å²) in [5, 5.41) is 0. The molecule has 0 unspecified atom stereocenters. The van der Waals surface area contributed by atoms with Crippen LogP contribution in [-0.2, 0) is 21.2 Å². The van der Waals surface area contributed by atoms with E-state index in [4.69, 9.17) is 14.2 Å². The van der Waals surface area contributed by atoms with Gasteiger partial charge in [-0.15, -0.1) is 0 Å². The van der Waals surface area contributed by atoms with E-state index in [0.29, 0.717) is 62.1 Å². The average molecular weight is 504 g/mol. The minimum Gasteiger partial charge on any atom is -0.495 e. The number of anilines is 1. The molecule has 1 fully saturated rings. The number of sulfonamides is 1. The Kier molecular flexibility index (Phi) is 8.63. The first kappa shape index (κ1) is 26.4. The molecule has 0 spiro atoms. The summed E-state index contributed by atoms with van der Waals surface area (Å²) < 4.78 is 44.1. The lowest BCUT2D eigenvalue weighted by Crippen LogP contribution is -2.48. The summed E-state index contributed by atoms with van der Waals surface area (Å²) in [4.78, 5) is 15.8. The third-order valence-electron chi connectivity index (χ3n) is 6.13. The van der Waals surface area contributed by atoms with Crippen LogP contribution in [0.3, 0.4) is 0 Å². The van der Waals surface area contributed by atoms with E-state index in [9.17, 15) is 13.2 Å². The van der Waals surface area contributed by atoms with Crippen LogP contribution >= 0.6 is 0 Å². The summed E-state index contributed by atoms with van der Waals surface area (Å²) in [5.74, 6) is 1.70. The second kappa shape index (κ2) is 11.5. The van der Waals surface area contributed by atoms with Crippen LogP contribution in [0.4, 0.5) is 5.69 Å². The fourth-order valence-corrected chi connectivity index (χ4v) is 5.19. The Morgan fingerprint density at radius 1 is 0.971 bits per heavy atom. The number of hydrogen-bond acceptors (Lipinski definition) is 7. The van der Waals surface area contributed by atoms with Crippen molar-refractivity contribution in [2.24, 2.45) is 0 Å². The average Bonchev–Trinajstić information content (AvgIpc) is 2.90. The Morgan fingerprint density at radius 2 is 1.60 bits per heavy atom. The number of hydrogen-bond donors (Lipinski definition) is 0. The number of benzene rings is 2. The van der Waals surface area contributed by atoms with Crippen LogP contribution in [-0.4, -0.2) is 84.6 Å². The molecule has 3 rings (SSSR count). The van der Waals surface area contributed by atoms with Crippen molar-refractivity contribution in [3.05, 3.63) is 54.6 Å². The Bertz CT molecular complexity index is 1160. The van der Waals surface area contributed by atoms with Crippen molar-refractivity contribution in [1.29, 1.82) is 0 Å². The van der Waals surface area contributed by atoms with Crippen LogP contribution in [0.1, 0.15) is 5.56 Å². The van der Waals surface area contributed by atoms with Crippen LogP contribution in [0.5, 0.6) is 17.2 Å². The van der Waals surface area contributed by atoms with E-state index in [1.807, 2.05) is 17.0 Å². The van der Waals surface area contributed by atoms with Crippen LogP contribution in [0.2, 0.25) is 0 Å². The van der Waals surface area contributed by atoms with E-state index in [1.165, 1.54) is 10.4 Å². The number of likely N-dealkylation sites (N-methyl/N-ethyl adjacent to an activating group) is 1. The first-order chi connectivity index (χ1) is 16.7. The molecule has 1 heterocycles. The minimum absolute atomic E-state index is 0.107. The predicted molar refractivity (Wildman–Crippen MR) is 135 cm³/mol. The van der Waals surface area contributed by atoms with Gasteiger partial charge in [0.15, 0.2) is 11.5 Å². The number of rotatable bonds is 10. The van der Waals surface area contributed by atoms with E-state index < -0.39 is 10.0 Å². The summed E-state index contributed by atoms with van der Waals surface area (Å²) in [6, 6.07) is 10.4. The van der Waals surface area contributed by atoms with Crippen molar-refractivity contribution in [3.63, 3.8) is 0 Å². The standard InChI is InChI=1S/C25H33N3O6S/c1-6-25(29)28-15-13-27(14-16-28)21-18-20(8-10-22(21)32-3)35(30,31)26(2)12-11-19-7-9-23(33-4)24(17-19)34-5/h6-10,17-18H,1,11-16H2,2-5H3. The third kappa shape index (κ3) is 5.88. The normalized spacial score (nSPS) is 14.1. The second-order valence-electron chi connectivity index (χ2n) is 8.12. The van der Waals surface area contributed by atoms with Crippen molar-refractivity contribution in [2.45, 2.75) is 11.3 Å². The molecular formula is C25H33N3O6S. The predicted octanol–water partition coefficient (Wildman–Crippen LogP) is 2.41. The third-order valence-corrected chi connectivity index (χ3v) is 7.98. The van der Waals surface area contributed by atoms with E-state index in [1.54, 1.807) is 57.5 Å². The second-order valence-corrected chi connectivity index (χ2v) is 10.2. The van der Waals surface area contributed by atoms with Crippen molar-refractivity contribution >= 4 is 21.6 Å². The maximum Gasteiger partial charge on any atom is 0.246 e. The van der Waals surface area contributed by atoms with Gasteiger partial charge in [-0.3, -0.25) is 4.79 Å². The Morgan fingerprint density at radius 3 is 2.20 bits per heavy atom. The van der Waals surface area contributed by atoms with E-state index in [0.717, 1.165) is 5.56 Å². The minimum atomic E-state index is -3.73. The first-order valence-electron chi connectivity index (χ1n) is 11.3. The fraction of sp³-hybridized carbons (Fsp3) is 0.400. The van der Waals surface area contributed by atoms with Crippen LogP contribution < -0.4 is 19.1 Å². The molecular weight excluding hydrogens is 470 g/mol. The summed E-state index contributed by atoms with van der Waals surface area (Å²) in [6.45, 7) is 6.01. The number of piperazine rings is 1. The number of nitrogens with zero attached hydrogens (tertiary/aromatic N) is 3. The van der Waals surface area contributed by atoms with Crippen LogP contribution in [0.25, 0.3) is 0 Å². The van der Waals surface area contributed by atoms with E-state index in [2.05, 4.69) is 6.58 Å². The summed E-state index contributed by atoms with van der Waals surface area (Å²) >= 11 is 0. The maximum absolute atomic E-state index is 13.3. The van der Waals surface area contributed by atoms with Crippen molar-refractivity contribution in [2.75, 3.05) is 66.0 Å². The summed E-state index contributed by atoms with van der Waals surface area (Å²) in [7, 11) is 2.53. The highest BCUT2D eigenvalue weighted by Crippen LogP contribution is 2.33. The zero-order chi connectivity index (χ0) is 25.6. The van der Waals surface area contributed by atoms with Crippen molar-refractivity contribution < 1.29 is 27.4 Å². The molecule has 1 saturated heterocycles. The monoisotopic (exact) mass is 503 g/mol. The Hall–Kier alpha value is -3.24. The summed E-state index contributed by atoms with van der Waals surface area (Å²) in [5.41, 5.74) is 1.62. The Balaban J connectivity index is 1.76. The van der Waals surface area contributed by atoms with Gasteiger partial charge in [-0.05, 0) is 48.4 Å². The molecule has 2 aromatic rings. The molecule has 1 aliphatic heterocycles. The largest absolute Gasteiger partial charge is 0.495 e. The molecule has 0 N–H and O–H groups in total. The lowest BCUT2D eigenvalue weighted by Gasteiger charge is -2.36. The maximum atomic E-state index is 13.3. The number of amides is 1. The summed E-state index contributed by atoms with van der Waals surface area (Å²) in [6.07, 6.45) is 1.82. The molecule has 2 aromatic carbocycles. The first-order valence-corrected chi connectivity index (χ1v) is 12.7. The molecule has 1 amide bonds. The van der Waals surface area contributed by atoms with Gasteiger partial charge in [0.1, 0.15) is 5.75 Å². The molecule has 35 heavy (non-hydrogen) atoms. The van der Waals surface area contributed by atoms with Gasteiger partial charge in [0.05, 0.1) is 31.9 Å². The van der Waals surface area contributed by atoms with Gasteiger partial charge in [0, 0.05) is 39.8 Å². The lowest BCUT2D eigenvalue weighted by atomic mass is 10.1. The topological polar surface area (TPSA) is 88.6 Å². The van der Waals surface area contributed by atoms with Gasteiger partial charge in [0.25, 0.3) is 0 Å². The van der Waals surface area contributed by atoms with Gasteiger partial charge >= 0.3 is 0 Å². The highest BCUT2D eigenvalue weighted by Gasteiger charge is 2.26. The Labute approximate surface area is 207 Å². The molecule has 190 valence electrons. The number of carbonyl (C=O) groups excluding carboxylic acids is 1. The van der Waals surface area contributed by atoms with E-state index in [-0.39, 0.29) is 10.8 Å². The smallest absolute Gasteiger partial charge is 0.246 e. The molecule has 10 heteroatoms. The van der Waals surface area contributed by atoms with E-state index >= 15 is 0 Å². The van der Waals surface area contributed by atoms with Gasteiger partial charge in [-0.2, -0.15) is 0 Å². The number of methoxy groups -OCH3 is 3. The van der Waals surface area contributed by atoms with Gasteiger partial charge in [0.2, 0.25) is 15.9 Å². The van der Waals surface area contributed by atoms with Gasteiger partial charge in [-0.1, -0.05) is 12.6 Å². The van der Waals surface area contributed by atoms with Crippen LogP contribution in [0.15, 0.2) is 53.9 Å². The quantitative estimate of drug-likeness (QED) is 0.460. The number of carbonyl (C=O) groups is 1. The SMILES string of the molecule is C=CC(=O)N1CCN(c2cc(S(=O)(=O)N(C)CCc3ccc(OC)c(OC)c3)ccc2OC)CC1. The van der Waals surface area contributed by atoms with Crippen LogP contribution in [0, 0.1) is 0 Å². The van der Waals surface area contributed by atoms with Gasteiger partial charge in [-0.25, -0.2) is 12.7 Å². The molecule has 0 bridgehead atoms.